The van der Waals surface area contributed by atoms with Gasteiger partial charge in [-0.25, -0.2) is 4.68 Å². The van der Waals surface area contributed by atoms with Crippen molar-refractivity contribution >= 4 is 23.4 Å². The summed E-state index contributed by atoms with van der Waals surface area (Å²) >= 11 is 6.08. The summed E-state index contributed by atoms with van der Waals surface area (Å²) in [4.78, 5) is 24.0. The number of aromatic nitrogens is 3. The zero-order valence-corrected chi connectivity index (χ0v) is 15.0. The van der Waals surface area contributed by atoms with Crippen LogP contribution in [0.5, 0.6) is 0 Å². The third-order valence-electron chi connectivity index (χ3n) is 4.15. The molecule has 0 radical (unpaired) electrons. The largest absolute Gasteiger partial charge is 0.480 e. The van der Waals surface area contributed by atoms with Crippen LogP contribution in [0.15, 0.2) is 54.9 Å². The highest BCUT2D eigenvalue weighted by Crippen LogP contribution is 2.22. The molecule has 8 heteroatoms. The quantitative estimate of drug-likeness (QED) is 0.604. The molecule has 1 aromatic heterocycles. The number of carboxylic acid groups (broad SMARTS) is 1. The van der Waals surface area contributed by atoms with Crippen molar-refractivity contribution in [1.82, 2.24) is 15.0 Å². The normalized spacial score (nSPS) is 11.9. The van der Waals surface area contributed by atoms with Gasteiger partial charge in [0, 0.05) is 17.0 Å². The van der Waals surface area contributed by atoms with E-state index in [9.17, 15) is 9.59 Å². The van der Waals surface area contributed by atoms with E-state index in [-0.39, 0.29) is 18.6 Å². The molecule has 0 spiro atoms. The van der Waals surface area contributed by atoms with Crippen molar-refractivity contribution in [2.45, 2.75) is 18.9 Å². The van der Waals surface area contributed by atoms with Crippen molar-refractivity contribution in [3.8, 4) is 5.69 Å². The molecule has 1 atom stereocenters. The predicted octanol–water partition coefficient (Wildman–Crippen LogP) is 2.30. The summed E-state index contributed by atoms with van der Waals surface area (Å²) < 4.78 is 1.50. The average Bonchev–Trinajstić information content (AvgIpc) is 3.17. The molecular formula is C19H17ClN4O3. The van der Waals surface area contributed by atoms with Crippen LogP contribution >= 0.6 is 11.6 Å². The molecule has 0 aliphatic carbocycles. The molecule has 0 bridgehead atoms. The van der Waals surface area contributed by atoms with E-state index in [1.165, 1.54) is 10.9 Å². The van der Waals surface area contributed by atoms with Gasteiger partial charge in [-0.05, 0) is 35.7 Å². The highest BCUT2D eigenvalue weighted by molar-refractivity contribution is 6.31. The smallest absolute Gasteiger partial charge is 0.320 e. The van der Waals surface area contributed by atoms with Crippen LogP contribution in [0.3, 0.4) is 0 Å². The van der Waals surface area contributed by atoms with Gasteiger partial charge in [-0.2, -0.15) is 0 Å². The van der Waals surface area contributed by atoms with Crippen LogP contribution in [0.2, 0.25) is 5.02 Å². The van der Waals surface area contributed by atoms with Crippen molar-refractivity contribution in [3.63, 3.8) is 0 Å². The molecule has 0 aliphatic heterocycles. The molecule has 2 aromatic carbocycles. The Hall–Kier alpha value is -3.03. The maximum absolute atomic E-state index is 13.0. The van der Waals surface area contributed by atoms with Crippen molar-refractivity contribution in [3.05, 3.63) is 76.6 Å². The predicted molar refractivity (Wildman–Crippen MR) is 100 cm³/mol. The molecule has 0 saturated heterocycles. The summed E-state index contributed by atoms with van der Waals surface area (Å²) in [5.74, 6) is -1.25. The first-order chi connectivity index (χ1) is 13.0. The molecule has 1 heterocycles. The number of halogens is 1. The van der Waals surface area contributed by atoms with E-state index in [4.69, 9.17) is 22.4 Å². The van der Waals surface area contributed by atoms with Crippen LogP contribution < -0.4 is 5.73 Å². The first-order valence-corrected chi connectivity index (χ1v) is 8.58. The topological polar surface area (TPSA) is 111 Å². The molecule has 3 rings (SSSR count). The summed E-state index contributed by atoms with van der Waals surface area (Å²) in [6.45, 7) is 0. The lowest BCUT2D eigenvalue weighted by Gasteiger charge is -2.13. The van der Waals surface area contributed by atoms with Gasteiger partial charge in [-0.3, -0.25) is 9.59 Å². The molecule has 0 fully saturated rings. The number of hydrogen-bond acceptors (Lipinski definition) is 5. The first kappa shape index (κ1) is 18.8. The molecule has 0 aliphatic rings. The van der Waals surface area contributed by atoms with E-state index < -0.39 is 12.0 Å². The van der Waals surface area contributed by atoms with E-state index in [1.807, 2.05) is 0 Å². The highest BCUT2D eigenvalue weighted by Gasteiger charge is 2.18. The first-order valence-electron chi connectivity index (χ1n) is 8.20. The van der Waals surface area contributed by atoms with Crippen molar-refractivity contribution in [2.75, 3.05) is 0 Å². The molecule has 3 aromatic rings. The molecular weight excluding hydrogens is 368 g/mol. The Balaban J connectivity index is 1.91. The Morgan fingerprint density at radius 2 is 1.93 bits per heavy atom. The molecule has 27 heavy (non-hydrogen) atoms. The van der Waals surface area contributed by atoms with E-state index in [0.29, 0.717) is 16.3 Å². The van der Waals surface area contributed by atoms with Gasteiger partial charge in [0.05, 0.1) is 18.1 Å². The summed E-state index contributed by atoms with van der Waals surface area (Å²) in [6, 6.07) is 11.1. The average molecular weight is 385 g/mol. The summed E-state index contributed by atoms with van der Waals surface area (Å²) in [5.41, 5.74) is 8.08. The number of aliphatic carboxylic acids is 1. The van der Waals surface area contributed by atoms with E-state index in [2.05, 4.69) is 10.3 Å². The number of ketones is 1. The third-order valence-corrected chi connectivity index (χ3v) is 4.39. The fraction of sp³-hybridized carbons (Fsp3) is 0.158. The number of benzene rings is 2. The lowest BCUT2D eigenvalue weighted by molar-refractivity contribution is -0.138. The highest BCUT2D eigenvalue weighted by atomic mass is 35.5. The SMILES string of the molecule is NC(Cc1ccccc1CC(=O)c1cc(Cl)ccc1-n1ccnn1)C(=O)O. The third kappa shape index (κ3) is 4.39. The number of carboxylic acids is 1. The second-order valence-corrected chi connectivity index (χ2v) is 6.46. The number of nitrogens with zero attached hydrogens (tertiary/aromatic N) is 3. The molecule has 0 amide bonds. The minimum absolute atomic E-state index is 0.0878. The van der Waals surface area contributed by atoms with Gasteiger partial charge in [0.25, 0.3) is 0 Å². The number of carbonyl (C=O) groups excluding carboxylic acids is 1. The van der Waals surface area contributed by atoms with E-state index >= 15 is 0 Å². The zero-order chi connectivity index (χ0) is 19.4. The van der Waals surface area contributed by atoms with Crippen molar-refractivity contribution in [1.29, 1.82) is 0 Å². The van der Waals surface area contributed by atoms with Crippen LogP contribution in [0, 0.1) is 0 Å². The second-order valence-electron chi connectivity index (χ2n) is 6.03. The van der Waals surface area contributed by atoms with Gasteiger partial charge in [0.2, 0.25) is 0 Å². The Bertz CT molecular complexity index is 973. The number of carbonyl (C=O) groups is 2. The summed E-state index contributed by atoms with van der Waals surface area (Å²) in [7, 11) is 0. The molecule has 7 nitrogen and oxygen atoms in total. The fourth-order valence-electron chi connectivity index (χ4n) is 2.79. The molecule has 138 valence electrons. The van der Waals surface area contributed by atoms with Crippen molar-refractivity contribution in [2.24, 2.45) is 5.73 Å². The summed E-state index contributed by atoms with van der Waals surface area (Å²) in [5, 5.41) is 17.2. The van der Waals surface area contributed by atoms with Gasteiger partial charge in [-0.1, -0.05) is 41.1 Å². The van der Waals surface area contributed by atoms with E-state index in [1.54, 1.807) is 48.7 Å². The molecule has 3 N–H and O–H groups in total. The second kappa shape index (κ2) is 8.11. The Labute approximate surface area is 160 Å². The van der Waals surface area contributed by atoms with Gasteiger partial charge >= 0.3 is 5.97 Å². The Morgan fingerprint density at radius 3 is 2.59 bits per heavy atom. The van der Waals surface area contributed by atoms with Crippen LogP contribution in [-0.4, -0.2) is 37.9 Å². The van der Waals surface area contributed by atoms with E-state index in [0.717, 1.165) is 11.1 Å². The number of hydrogen-bond donors (Lipinski definition) is 2. The molecule has 0 saturated carbocycles. The lowest BCUT2D eigenvalue weighted by Crippen LogP contribution is -2.32. The van der Waals surface area contributed by atoms with Crippen LogP contribution in [0.25, 0.3) is 5.69 Å². The van der Waals surface area contributed by atoms with Gasteiger partial charge in [0.15, 0.2) is 5.78 Å². The Morgan fingerprint density at radius 1 is 1.19 bits per heavy atom. The monoisotopic (exact) mass is 384 g/mol. The fourth-order valence-corrected chi connectivity index (χ4v) is 2.96. The van der Waals surface area contributed by atoms with Crippen molar-refractivity contribution < 1.29 is 14.7 Å². The maximum Gasteiger partial charge on any atom is 0.320 e. The van der Waals surface area contributed by atoms with Crippen LogP contribution in [-0.2, 0) is 17.6 Å². The number of rotatable bonds is 7. The standard InChI is InChI=1S/C19H17ClN4O3/c20-14-5-6-17(24-8-7-22-23-24)15(11-14)18(25)10-13-4-2-1-3-12(13)9-16(21)19(26)27/h1-8,11,16H,9-10,21H2,(H,26,27). The van der Waals surface area contributed by atoms with Gasteiger partial charge < -0.3 is 10.8 Å². The minimum atomic E-state index is -1.08. The van der Waals surface area contributed by atoms with Gasteiger partial charge in [0.1, 0.15) is 6.04 Å². The minimum Gasteiger partial charge on any atom is -0.480 e. The zero-order valence-electron chi connectivity index (χ0n) is 14.2. The number of Topliss-reactive ketones (excluding diaryl/α,β-unsaturated/α-hetero) is 1. The van der Waals surface area contributed by atoms with Gasteiger partial charge in [-0.15, -0.1) is 5.10 Å². The Kier molecular flexibility index (Phi) is 5.63. The lowest BCUT2D eigenvalue weighted by atomic mass is 9.94. The van der Waals surface area contributed by atoms with Crippen LogP contribution in [0.4, 0.5) is 0 Å². The van der Waals surface area contributed by atoms with Crippen LogP contribution in [0.1, 0.15) is 21.5 Å². The summed E-state index contributed by atoms with van der Waals surface area (Å²) in [6.07, 6.45) is 3.39. The number of nitrogens with two attached hydrogens (primary N) is 1. The maximum atomic E-state index is 13.0. The molecule has 1 unspecified atom stereocenters.